The van der Waals surface area contributed by atoms with Gasteiger partial charge in [0, 0.05) is 0 Å². The molecule has 0 spiro atoms. The van der Waals surface area contributed by atoms with Gasteiger partial charge < -0.3 is 0 Å². The monoisotopic (exact) mass is 438 g/mol. The maximum atomic E-state index is 12.5. The van der Waals surface area contributed by atoms with Crippen molar-refractivity contribution >= 4 is 45.6 Å². The number of nitrogens with one attached hydrogen (secondary N) is 1. The average molecular weight is 439 g/mol. The van der Waals surface area contributed by atoms with E-state index in [9.17, 15) is 4.79 Å². The van der Waals surface area contributed by atoms with Crippen LogP contribution in [0.3, 0.4) is 0 Å². The molecule has 24 heavy (non-hydrogen) atoms. The number of fused-ring (bicyclic) bond motifs is 1. The Kier molecular flexibility index (Phi) is 5.98. The van der Waals surface area contributed by atoms with Crippen LogP contribution in [0.4, 0.5) is 0 Å². The van der Waals surface area contributed by atoms with Gasteiger partial charge in [-0.15, -0.1) is 0 Å². The van der Waals surface area contributed by atoms with Crippen molar-refractivity contribution in [3.8, 4) is 0 Å². The number of halogens is 2. The molecule has 8 heteroatoms. The van der Waals surface area contributed by atoms with E-state index < -0.39 is 27.7 Å². The van der Waals surface area contributed by atoms with Crippen LogP contribution in [0.25, 0.3) is 6.08 Å². The number of rotatable bonds is 6. The average Bonchev–Trinajstić information content (AvgIpc) is 2.89. The fourth-order valence-electron chi connectivity index (χ4n) is 2.88. The second-order valence-corrected chi connectivity index (χ2v) is 40.4. The van der Waals surface area contributed by atoms with Gasteiger partial charge in [0.2, 0.25) is 0 Å². The summed E-state index contributed by atoms with van der Waals surface area (Å²) in [4.78, 5) is 12.5. The first-order valence-corrected chi connectivity index (χ1v) is 23.2. The van der Waals surface area contributed by atoms with Gasteiger partial charge in [-0.05, 0) is 0 Å². The van der Waals surface area contributed by atoms with E-state index in [0.29, 0.717) is 0 Å². The summed E-state index contributed by atoms with van der Waals surface area (Å²) in [6.07, 6.45) is 4.14. The summed E-state index contributed by atoms with van der Waals surface area (Å²) < 4.78 is 8.77. The Hall–Kier alpha value is 0.118. The molecule has 0 radical (unpaired) electrons. The zero-order chi connectivity index (χ0) is 18.2. The summed E-state index contributed by atoms with van der Waals surface area (Å²) in [5.74, 6) is -0.182. The van der Waals surface area contributed by atoms with Crippen molar-refractivity contribution in [3.63, 3.8) is 0 Å². The summed E-state index contributed by atoms with van der Waals surface area (Å²) in [6, 6.07) is 8.12. The molecule has 1 N–H and O–H groups in total. The first-order chi connectivity index (χ1) is 10.9. The molecule has 0 bridgehead atoms. The predicted molar refractivity (Wildman–Crippen MR) is 106 cm³/mol. The van der Waals surface area contributed by atoms with Gasteiger partial charge in [0.25, 0.3) is 0 Å². The SMILES string of the molecule is C[SiH](C)[Ti]([Cl])([Cl])([NH]C(=O)CO[Si](C)(C)C)[CH]1C=Cc2ccccc21. The molecule has 1 aliphatic rings. The Balaban J connectivity index is 2.30. The van der Waals surface area contributed by atoms with Gasteiger partial charge in [0.05, 0.1) is 0 Å². The normalized spacial score (nSPS) is 19.0. The zero-order valence-corrected chi connectivity index (χ0v) is 20.1. The number of carbonyl (C=O) groups excluding carboxylic acids is 1. The molecular formula is C16H26Cl2NO2Si2Ti. The molecule has 1 amide bonds. The predicted octanol–water partition coefficient (Wildman–Crippen LogP) is 4.62. The van der Waals surface area contributed by atoms with Crippen LogP contribution in [-0.2, 0) is 21.9 Å². The summed E-state index contributed by atoms with van der Waals surface area (Å²) in [7, 11) is 12.6. The van der Waals surface area contributed by atoms with E-state index in [-0.39, 0.29) is 16.7 Å². The van der Waals surface area contributed by atoms with E-state index in [1.807, 2.05) is 12.1 Å². The molecule has 0 aliphatic heterocycles. The zero-order valence-electron chi connectivity index (χ0n) is 14.9. The number of amides is 1. The van der Waals surface area contributed by atoms with Crippen molar-refractivity contribution in [2.45, 2.75) is 37.0 Å². The Morgan fingerprint density at radius 3 is 2.50 bits per heavy atom. The van der Waals surface area contributed by atoms with Crippen LogP contribution < -0.4 is 3.80 Å². The molecule has 133 valence electrons. The minimum absolute atomic E-state index is 0.0354. The van der Waals surface area contributed by atoms with Crippen molar-refractivity contribution in [3.05, 3.63) is 41.5 Å². The first-order valence-electron chi connectivity index (χ1n) is 8.23. The maximum absolute atomic E-state index is 12.5. The Labute approximate surface area is 155 Å². The van der Waals surface area contributed by atoms with Gasteiger partial charge in [0.15, 0.2) is 0 Å². The van der Waals surface area contributed by atoms with Gasteiger partial charge in [-0.1, -0.05) is 0 Å². The molecule has 0 saturated carbocycles. The van der Waals surface area contributed by atoms with Crippen LogP contribution >= 0.6 is 18.6 Å². The van der Waals surface area contributed by atoms with E-state index in [0.717, 1.165) is 11.1 Å². The van der Waals surface area contributed by atoms with E-state index >= 15 is 0 Å². The van der Waals surface area contributed by atoms with Gasteiger partial charge in [-0.2, -0.15) is 0 Å². The van der Waals surface area contributed by atoms with Crippen LogP contribution in [0.2, 0.25) is 32.7 Å². The fourth-order valence-corrected chi connectivity index (χ4v) is 16.7. The second kappa shape index (κ2) is 7.03. The second-order valence-electron chi connectivity index (χ2n) is 7.72. The van der Waals surface area contributed by atoms with Crippen LogP contribution in [0.15, 0.2) is 30.3 Å². The number of carbonyl (C=O) groups is 1. The van der Waals surface area contributed by atoms with Crippen molar-refractivity contribution in [2.24, 2.45) is 0 Å². The molecule has 0 saturated heterocycles. The molecule has 1 aromatic carbocycles. The molecule has 1 aliphatic carbocycles. The quantitative estimate of drug-likeness (QED) is 0.658. The van der Waals surface area contributed by atoms with Gasteiger partial charge in [0.1, 0.15) is 0 Å². The van der Waals surface area contributed by atoms with Crippen LogP contribution in [0.1, 0.15) is 15.3 Å². The van der Waals surface area contributed by atoms with Crippen molar-refractivity contribution < 1.29 is 21.9 Å². The minimum atomic E-state index is -4.29. The number of hydrogen-bond donors (Lipinski definition) is 1. The molecule has 0 heterocycles. The summed E-state index contributed by atoms with van der Waals surface area (Å²) in [6.45, 7) is 8.91. The molecule has 0 fully saturated rings. The van der Waals surface area contributed by atoms with Crippen LogP contribution in [0, 0.1) is 0 Å². The molecule has 0 aromatic heterocycles. The summed E-state index contributed by atoms with van der Waals surface area (Å²) in [5.41, 5.74) is 2.27. The van der Waals surface area contributed by atoms with E-state index in [1.54, 1.807) is 0 Å². The number of hydrogen-bond acceptors (Lipinski definition) is 2. The summed E-state index contributed by atoms with van der Waals surface area (Å²) in [5, 5.41) is 0. The molecular weight excluding hydrogens is 413 g/mol. The molecule has 3 nitrogen and oxygen atoms in total. The Bertz CT molecular complexity index is 674. The first kappa shape index (κ1) is 20.4. The van der Waals surface area contributed by atoms with Crippen molar-refractivity contribution in [2.75, 3.05) is 6.61 Å². The molecule has 1 atom stereocenters. The summed E-state index contributed by atoms with van der Waals surface area (Å²) >= 11 is -4.29. The number of benzene rings is 1. The van der Waals surface area contributed by atoms with Crippen LogP contribution in [0.5, 0.6) is 0 Å². The fraction of sp³-hybridized carbons (Fsp3) is 0.438. The van der Waals surface area contributed by atoms with Crippen molar-refractivity contribution in [1.29, 1.82) is 0 Å². The third-order valence-corrected chi connectivity index (χ3v) is 36.8. The van der Waals surface area contributed by atoms with Gasteiger partial charge in [-0.25, -0.2) is 0 Å². The molecule has 1 aromatic rings. The molecule has 2 rings (SSSR count). The Morgan fingerprint density at radius 1 is 1.29 bits per heavy atom. The van der Waals surface area contributed by atoms with Gasteiger partial charge in [-0.3, -0.25) is 0 Å². The third kappa shape index (κ3) is 4.26. The molecule has 1 unspecified atom stereocenters. The Morgan fingerprint density at radius 2 is 1.92 bits per heavy atom. The standard InChI is InChI=1S/C9H7.C5H13NO2Si.C2H7Si.2ClH.Ti/c1-2-5-9-7-3-6-8(9)4-1;1-9(2,3)8-4-5(6)7;1-3-2;;;/h1-7H;4H2,1-3H3,(H2,6,7);3H,1-2H3;2*1H;/q;;;;;+3/p-3. The third-order valence-electron chi connectivity index (χ3n) is 4.44. The van der Waals surface area contributed by atoms with Gasteiger partial charge >= 0.3 is 156 Å². The number of allylic oxidation sites excluding steroid dienone is 1. The van der Waals surface area contributed by atoms with Crippen molar-refractivity contribution in [1.82, 2.24) is 3.80 Å². The van der Waals surface area contributed by atoms with Crippen LogP contribution in [-0.4, -0.2) is 27.5 Å². The van der Waals surface area contributed by atoms with E-state index in [1.165, 1.54) is 0 Å². The topological polar surface area (TPSA) is 38.3 Å². The van der Waals surface area contributed by atoms with E-state index in [4.69, 9.17) is 23.0 Å². The van der Waals surface area contributed by atoms with E-state index in [2.05, 4.69) is 60.8 Å².